The van der Waals surface area contributed by atoms with Crippen LogP contribution in [-0.4, -0.2) is 9.97 Å². The van der Waals surface area contributed by atoms with Crippen molar-refractivity contribution >= 4 is 27.5 Å². The summed E-state index contributed by atoms with van der Waals surface area (Å²) in [5.41, 5.74) is 0.610. The van der Waals surface area contributed by atoms with Crippen LogP contribution in [0, 0.1) is 0 Å². The first-order valence-electron chi connectivity index (χ1n) is 5.67. The minimum atomic E-state index is -0.312. The monoisotopic (exact) mass is 272 g/mol. The molecule has 0 fully saturated rings. The maximum absolute atomic E-state index is 7.86. The highest BCUT2D eigenvalue weighted by Gasteiger charge is 2.03. The molecule has 0 aliphatic rings. The summed E-state index contributed by atoms with van der Waals surface area (Å²) in [6, 6.07) is 0.518. The fraction of sp³-hybridized carbons (Fsp3) is 0. The van der Waals surface area contributed by atoms with Gasteiger partial charge in [0.25, 0.3) is 0 Å². The minimum absolute atomic E-state index is 0.152. The van der Waals surface area contributed by atoms with Crippen LogP contribution in [0.5, 0.6) is 0 Å². The Morgan fingerprint density at radius 3 is 2.86 bits per heavy atom. The Kier molecular flexibility index (Phi) is 1.69. The third-order valence-corrected chi connectivity index (χ3v) is 2.33. The number of hydrogen-bond donors (Lipinski definition) is 0. The highest BCUT2D eigenvalue weighted by molar-refractivity contribution is 9.10. The first kappa shape index (κ1) is 5.83. The van der Waals surface area contributed by atoms with Crippen molar-refractivity contribution in [3.8, 4) is 11.3 Å². The van der Waals surface area contributed by atoms with Crippen molar-refractivity contribution < 1.29 is 5.48 Å². The van der Waals surface area contributed by atoms with E-state index in [1.165, 1.54) is 12.4 Å². The van der Waals surface area contributed by atoms with Gasteiger partial charge < -0.3 is 0 Å². The fourth-order valence-corrected chi connectivity index (χ4v) is 1.49. The number of aromatic nitrogens is 2. The van der Waals surface area contributed by atoms with Gasteiger partial charge in [0.15, 0.2) is 0 Å². The van der Waals surface area contributed by atoms with E-state index in [9.17, 15) is 0 Å². The molecule has 14 heavy (non-hydrogen) atoms. The summed E-state index contributed by atoms with van der Waals surface area (Å²) in [6.45, 7) is 0. The van der Waals surface area contributed by atoms with Crippen molar-refractivity contribution in [1.82, 2.24) is 9.97 Å². The van der Waals surface area contributed by atoms with E-state index in [2.05, 4.69) is 25.9 Å². The average Bonchev–Trinajstić information content (AvgIpc) is 2.34. The maximum Gasteiger partial charge on any atom is 0.133 e. The number of halogens is 2. The summed E-state index contributed by atoms with van der Waals surface area (Å²) in [5.74, 6) is 0. The molecule has 0 bridgehead atoms. The normalized spacial score (nSPS) is 14.1. The Hall–Kier alpha value is -0.930. The molecule has 0 N–H and O–H groups in total. The van der Waals surface area contributed by atoms with Crippen molar-refractivity contribution in [3.63, 3.8) is 0 Å². The Morgan fingerprint density at radius 2 is 2.07 bits per heavy atom. The molecule has 0 atom stereocenters. The molecule has 1 heterocycles. The molecule has 0 radical (unpaired) electrons. The third-order valence-electron chi connectivity index (χ3n) is 1.53. The molecular formula is C10H6BrClN2. The molecule has 0 amide bonds. The van der Waals surface area contributed by atoms with Gasteiger partial charge >= 0.3 is 0 Å². The third kappa shape index (κ3) is 1.94. The Labute approximate surface area is 101 Å². The Morgan fingerprint density at radius 1 is 1.29 bits per heavy atom. The van der Waals surface area contributed by atoms with Gasteiger partial charge in [0.05, 0.1) is 11.2 Å². The van der Waals surface area contributed by atoms with Crippen LogP contribution in [0.25, 0.3) is 11.3 Å². The fourth-order valence-electron chi connectivity index (χ4n) is 0.944. The minimum Gasteiger partial charge on any atom is -0.236 e. The molecule has 0 aliphatic heterocycles. The molecule has 2 aromatic rings. The molecule has 0 spiro atoms. The van der Waals surface area contributed by atoms with E-state index >= 15 is 0 Å². The van der Waals surface area contributed by atoms with Gasteiger partial charge in [-0.15, -0.1) is 0 Å². The van der Waals surface area contributed by atoms with Crippen molar-refractivity contribution in [1.29, 1.82) is 0 Å². The van der Waals surface area contributed by atoms with Gasteiger partial charge in [0.2, 0.25) is 0 Å². The zero-order valence-corrected chi connectivity index (χ0v) is 9.15. The van der Waals surface area contributed by atoms with Crippen molar-refractivity contribution in [2.24, 2.45) is 0 Å². The Bertz CT molecular complexity index is 607. The van der Waals surface area contributed by atoms with Crippen molar-refractivity contribution in [3.05, 3.63) is 46.2 Å². The molecule has 2 nitrogen and oxygen atoms in total. The zero-order valence-electron chi connectivity index (χ0n) is 10.8. The van der Waals surface area contributed by atoms with Crippen molar-refractivity contribution in [2.75, 3.05) is 0 Å². The second-order valence-corrected chi connectivity index (χ2v) is 3.60. The van der Waals surface area contributed by atoms with Crippen LogP contribution in [0.3, 0.4) is 0 Å². The lowest BCUT2D eigenvalue weighted by molar-refractivity contribution is 1.17. The lowest BCUT2D eigenvalue weighted by Gasteiger charge is -2.02. The second-order valence-electron chi connectivity index (χ2n) is 2.41. The van der Waals surface area contributed by atoms with E-state index in [0.29, 0.717) is 5.69 Å². The summed E-state index contributed by atoms with van der Waals surface area (Å²) < 4.78 is 31.0. The summed E-state index contributed by atoms with van der Waals surface area (Å²) in [5, 5.41) is 0.208. The molecule has 1 aromatic heterocycles. The molecule has 0 aliphatic carbocycles. The predicted molar refractivity (Wildman–Crippen MR) is 60.2 cm³/mol. The van der Waals surface area contributed by atoms with Crippen LogP contribution in [0.1, 0.15) is 5.48 Å². The zero-order chi connectivity index (χ0) is 13.4. The van der Waals surface area contributed by atoms with Gasteiger partial charge in [-0.05, 0) is 6.04 Å². The lowest BCUT2D eigenvalue weighted by Crippen LogP contribution is -1.86. The summed E-state index contributed by atoms with van der Waals surface area (Å²) in [4.78, 5) is 7.70. The first-order valence-corrected chi connectivity index (χ1v) is 4.84. The molecule has 0 saturated heterocycles. The Balaban J connectivity index is 2.80. The van der Waals surface area contributed by atoms with E-state index in [1.54, 1.807) is 0 Å². The van der Waals surface area contributed by atoms with Crippen LogP contribution in [0.15, 0.2) is 41.0 Å². The van der Waals surface area contributed by atoms with E-state index in [4.69, 9.17) is 17.1 Å². The average molecular weight is 274 g/mol. The van der Waals surface area contributed by atoms with Gasteiger partial charge in [-0.3, -0.25) is 0 Å². The van der Waals surface area contributed by atoms with Crippen molar-refractivity contribution in [2.45, 2.75) is 0 Å². The molecule has 0 saturated carbocycles. The lowest BCUT2D eigenvalue weighted by atomic mass is 10.1. The quantitative estimate of drug-likeness (QED) is 0.743. The standard InChI is InChI=1S/C10H6BrClN2/c11-8-4-2-1-3-7(8)9-5-10(12)14-6-13-9/h1-6H/i1D,2D,3D,4D. The van der Waals surface area contributed by atoms with Gasteiger partial charge in [-0.1, -0.05) is 45.7 Å². The largest absolute Gasteiger partial charge is 0.236 e. The summed E-state index contributed by atoms with van der Waals surface area (Å²) in [7, 11) is 0. The summed E-state index contributed by atoms with van der Waals surface area (Å²) in [6.07, 6.45) is 1.24. The van der Waals surface area contributed by atoms with Crippen LogP contribution >= 0.6 is 27.5 Å². The van der Waals surface area contributed by atoms with Crippen LogP contribution in [-0.2, 0) is 0 Å². The maximum atomic E-state index is 7.86. The SMILES string of the molecule is [2H]c1c([2H])c([2H])c(-c2cc(Cl)ncn2)c(Br)c1[2H]. The van der Waals surface area contributed by atoms with Gasteiger partial charge in [0, 0.05) is 16.1 Å². The molecular weight excluding hydrogens is 263 g/mol. The number of rotatable bonds is 1. The number of benzene rings is 1. The topological polar surface area (TPSA) is 25.8 Å². The van der Waals surface area contributed by atoms with E-state index in [0.717, 1.165) is 0 Å². The van der Waals surface area contributed by atoms with E-state index in [-0.39, 0.29) is 39.4 Å². The molecule has 4 heteroatoms. The summed E-state index contributed by atoms with van der Waals surface area (Å²) >= 11 is 8.91. The molecule has 1 aromatic carbocycles. The molecule has 70 valence electrons. The van der Waals surface area contributed by atoms with Crippen LogP contribution < -0.4 is 0 Å². The first-order chi connectivity index (χ1) is 8.43. The van der Waals surface area contributed by atoms with Crippen LogP contribution in [0.4, 0.5) is 0 Å². The van der Waals surface area contributed by atoms with E-state index < -0.39 is 0 Å². The highest BCUT2D eigenvalue weighted by Crippen LogP contribution is 2.26. The van der Waals surface area contributed by atoms with Gasteiger partial charge in [0.1, 0.15) is 11.5 Å². The van der Waals surface area contributed by atoms with Gasteiger partial charge in [-0.2, -0.15) is 0 Å². The number of hydrogen-bond acceptors (Lipinski definition) is 2. The molecule has 2 rings (SSSR count). The van der Waals surface area contributed by atoms with E-state index in [1.807, 2.05) is 0 Å². The van der Waals surface area contributed by atoms with Gasteiger partial charge in [-0.25, -0.2) is 9.97 Å². The molecule has 0 unspecified atom stereocenters. The number of nitrogens with zero attached hydrogens (tertiary/aromatic N) is 2. The highest BCUT2D eigenvalue weighted by atomic mass is 79.9. The smallest absolute Gasteiger partial charge is 0.133 e. The van der Waals surface area contributed by atoms with Crippen LogP contribution in [0.2, 0.25) is 5.15 Å². The predicted octanol–water partition coefficient (Wildman–Crippen LogP) is 3.56. The second kappa shape index (κ2) is 4.07.